The summed E-state index contributed by atoms with van der Waals surface area (Å²) < 4.78 is 22.0. The van der Waals surface area contributed by atoms with Gasteiger partial charge in [0.25, 0.3) is 5.91 Å². The van der Waals surface area contributed by atoms with Crippen molar-refractivity contribution >= 4 is 11.9 Å². The minimum Gasteiger partial charge on any atom is -0.493 e. The molecule has 32 heavy (non-hydrogen) atoms. The first-order valence-corrected chi connectivity index (χ1v) is 11.3. The van der Waals surface area contributed by atoms with E-state index in [-0.39, 0.29) is 12.0 Å². The van der Waals surface area contributed by atoms with Crippen LogP contribution in [0, 0.1) is 0 Å². The summed E-state index contributed by atoms with van der Waals surface area (Å²) in [4.78, 5) is 21.6. The van der Waals surface area contributed by atoms with Gasteiger partial charge in [0.2, 0.25) is 5.75 Å². The first-order chi connectivity index (χ1) is 15.6. The third-order valence-electron chi connectivity index (χ3n) is 5.86. The number of carbonyl (C=O) groups excluding carboxylic acids is 1. The molecule has 2 fully saturated rings. The second kappa shape index (κ2) is 11.8. The van der Waals surface area contributed by atoms with E-state index >= 15 is 0 Å². The highest BCUT2D eigenvalue weighted by Gasteiger charge is 2.30. The van der Waals surface area contributed by atoms with Crippen molar-refractivity contribution in [1.82, 2.24) is 15.1 Å². The number of hydrogen-bond donors (Lipinski definition) is 1. The second-order valence-electron chi connectivity index (χ2n) is 7.79. The molecule has 0 aromatic heterocycles. The highest BCUT2D eigenvalue weighted by molar-refractivity contribution is 5.83. The van der Waals surface area contributed by atoms with Crippen LogP contribution in [-0.2, 0) is 16.0 Å². The molecule has 0 radical (unpaired) electrons. The summed E-state index contributed by atoms with van der Waals surface area (Å²) in [7, 11) is 4.85. The number of guanidine groups is 1. The quantitative estimate of drug-likeness (QED) is 0.477. The highest BCUT2D eigenvalue weighted by Crippen LogP contribution is 2.39. The lowest BCUT2D eigenvalue weighted by Gasteiger charge is -2.37. The Hall–Kier alpha value is -2.68. The van der Waals surface area contributed by atoms with Crippen molar-refractivity contribution in [3.63, 3.8) is 0 Å². The fourth-order valence-electron chi connectivity index (χ4n) is 4.18. The smallest absolute Gasteiger partial charge is 0.251 e. The van der Waals surface area contributed by atoms with Crippen molar-refractivity contribution in [3.05, 3.63) is 17.7 Å². The number of aliphatic imine (C=N–C) groups is 1. The van der Waals surface area contributed by atoms with Gasteiger partial charge in [-0.2, -0.15) is 0 Å². The Morgan fingerprint density at radius 2 is 1.81 bits per heavy atom. The lowest BCUT2D eigenvalue weighted by Crippen LogP contribution is -2.55. The number of carbonyl (C=O) groups is 1. The topological polar surface area (TPSA) is 84.9 Å². The predicted octanol–water partition coefficient (Wildman–Crippen LogP) is 1.54. The molecule has 1 amide bonds. The van der Waals surface area contributed by atoms with Gasteiger partial charge in [0.1, 0.15) is 6.10 Å². The molecule has 9 heteroatoms. The number of rotatable bonds is 8. The van der Waals surface area contributed by atoms with Crippen molar-refractivity contribution < 1.29 is 23.7 Å². The van der Waals surface area contributed by atoms with Crippen molar-refractivity contribution in [2.75, 3.05) is 67.2 Å². The van der Waals surface area contributed by atoms with Gasteiger partial charge in [-0.05, 0) is 32.3 Å². The van der Waals surface area contributed by atoms with Crippen LogP contribution in [0.15, 0.2) is 17.1 Å². The van der Waals surface area contributed by atoms with Gasteiger partial charge in [-0.3, -0.25) is 9.79 Å². The van der Waals surface area contributed by atoms with Crippen LogP contribution in [-0.4, -0.2) is 95.0 Å². The van der Waals surface area contributed by atoms with Crippen LogP contribution in [0.3, 0.4) is 0 Å². The zero-order chi connectivity index (χ0) is 22.9. The molecule has 1 N–H and O–H groups in total. The van der Waals surface area contributed by atoms with E-state index in [9.17, 15) is 4.79 Å². The van der Waals surface area contributed by atoms with Crippen LogP contribution in [0.5, 0.6) is 17.2 Å². The predicted molar refractivity (Wildman–Crippen MR) is 123 cm³/mol. The number of piperazine rings is 1. The van der Waals surface area contributed by atoms with E-state index in [1.807, 2.05) is 17.0 Å². The van der Waals surface area contributed by atoms with Crippen LogP contribution in [0.2, 0.25) is 0 Å². The van der Waals surface area contributed by atoms with Crippen LogP contribution in [0.25, 0.3) is 0 Å². The number of nitrogens with one attached hydrogen (secondary N) is 1. The summed E-state index contributed by atoms with van der Waals surface area (Å²) in [6.45, 7) is 7.02. The number of ether oxygens (including phenoxy) is 4. The summed E-state index contributed by atoms with van der Waals surface area (Å²) in [5.74, 6) is 2.91. The first kappa shape index (κ1) is 24.0. The van der Waals surface area contributed by atoms with Gasteiger partial charge in [0.15, 0.2) is 17.5 Å². The van der Waals surface area contributed by atoms with Crippen LogP contribution >= 0.6 is 0 Å². The zero-order valence-electron chi connectivity index (χ0n) is 19.7. The maximum Gasteiger partial charge on any atom is 0.251 e. The van der Waals surface area contributed by atoms with E-state index in [1.54, 1.807) is 21.3 Å². The molecule has 2 aliphatic heterocycles. The molecule has 9 nitrogen and oxygen atoms in total. The van der Waals surface area contributed by atoms with Crippen LogP contribution in [0.4, 0.5) is 0 Å². The molecule has 1 unspecified atom stereocenters. The van der Waals surface area contributed by atoms with Crippen molar-refractivity contribution in [1.29, 1.82) is 0 Å². The summed E-state index contributed by atoms with van der Waals surface area (Å²) in [5.41, 5.74) is 1.01. The summed E-state index contributed by atoms with van der Waals surface area (Å²) in [5, 5.41) is 3.38. The van der Waals surface area contributed by atoms with Crippen molar-refractivity contribution in [3.8, 4) is 17.2 Å². The van der Waals surface area contributed by atoms with E-state index in [1.165, 1.54) is 0 Å². The Labute approximate surface area is 190 Å². The van der Waals surface area contributed by atoms with E-state index in [2.05, 4.69) is 17.1 Å². The van der Waals surface area contributed by atoms with Gasteiger partial charge >= 0.3 is 0 Å². The van der Waals surface area contributed by atoms with Gasteiger partial charge in [-0.15, -0.1) is 0 Å². The Kier molecular flexibility index (Phi) is 8.84. The van der Waals surface area contributed by atoms with Gasteiger partial charge in [0, 0.05) is 51.4 Å². The molecular formula is C23H36N4O5. The molecule has 3 rings (SSSR count). The minimum absolute atomic E-state index is 0.129. The van der Waals surface area contributed by atoms with E-state index in [4.69, 9.17) is 23.9 Å². The number of nitrogens with zero attached hydrogens (tertiary/aromatic N) is 3. The third kappa shape index (κ3) is 5.56. The zero-order valence-corrected chi connectivity index (χ0v) is 19.7. The average molecular weight is 449 g/mol. The molecule has 0 saturated carbocycles. The Morgan fingerprint density at radius 3 is 2.41 bits per heavy atom. The summed E-state index contributed by atoms with van der Waals surface area (Å²) in [6, 6.07) is 3.87. The Balaban J connectivity index is 1.60. The third-order valence-corrected chi connectivity index (χ3v) is 5.86. The molecule has 2 aliphatic rings. The van der Waals surface area contributed by atoms with Crippen LogP contribution < -0.4 is 19.5 Å². The normalized spacial score (nSPS) is 19.1. The largest absolute Gasteiger partial charge is 0.493 e. The SMILES string of the molecule is CCNC(=NCCc1ccc(OC)c(OC)c1OC)N1CCN(C(=O)C2CCCO2)CC1. The first-order valence-electron chi connectivity index (χ1n) is 11.3. The molecule has 1 aromatic carbocycles. The molecule has 0 aliphatic carbocycles. The molecule has 0 spiro atoms. The summed E-state index contributed by atoms with van der Waals surface area (Å²) in [6.07, 6.45) is 2.26. The molecule has 1 aromatic rings. The fourth-order valence-corrected chi connectivity index (χ4v) is 4.18. The van der Waals surface area contributed by atoms with Gasteiger partial charge in [-0.25, -0.2) is 0 Å². The van der Waals surface area contributed by atoms with E-state index in [0.29, 0.717) is 49.9 Å². The Bertz CT molecular complexity index is 787. The number of methoxy groups -OCH3 is 3. The van der Waals surface area contributed by atoms with E-state index in [0.717, 1.165) is 44.0 Å². The maximum absolute atomic E-state index is 12.6. The minimum atomic E-state index is -0.250. The van der Waals surface area contributed by atoms with Gasteiger partial charge < -0.3 is 34.1 Å². The molecule has 0 bridgehead atoms. The number of benzene rings is 1. The maximum atomic E-state index is 12.6. The molecule has 2 heterocycles. The molecule has 2 saturated heterocycles. The van der Waals surface area contributed by atoms with Crippen LogP contribution in [0.1, 0.15) is 25.3 Å². The van der Waals surface area contributed by atoms with Crippen molar-refractivity contribution in [2.45, 2.75) is 32.3 Å². The number of hydrogen-bond acceptors (Lipinski definition) is 6. The standard InChI is InChI=1S/C23H36N4O5/c1-5-24-23(27-14-12-26(13-15-27)22(28)19-7-6-16-32-19)25-11-10-17-8-9-18(29-2)21(31-4)20(17)30-3/h8-9,19H,5-7,10-16H2,1-4H3,(H,24,25). The molecule has 1 atom stereocenters. The van der Waals surface area contributed by atoms with Gasteiger partial charge in [0.05, 0.1) is 21.3 Å². The highest BCUT2D eigenvalue weighted by atomic mass is 16.5. The lowest BCUT2D eigenvalue weighted by molar-refractivity contribution is -0.142. The van der Waals surface area contributed by atoms with Gasteiger partial charge in [-0.1, -0.05) is 6.07 Å². The number of amides is 1. The van der Waals surface area contributed by atoms with Crippen molar-refractivity contribution in [2.24, 2.45) is 4.99 Å². The molecule has 178 valence electrons. The summed E-state index contributed by atoms with van der Waals surface area (Å²) >= 11 is 0. The van der Waals surface area contributed by atoms with E-state index < -0.39 is 0 Å². The monoisotopic (exact) mass is 448 g/mol. The average Bonchev–Trinajstić information content (AvgIpc) is 3.37. The fraction of sp³-hybridized carbons (Fsp3) is 0.652. The Morgan fingerprint density at radius 1 is 1.09 bits per heavy atom. The molecular weight excluding hydrogens is 412 g/mol. The second-order valence-corrected chi connectivity index (χ2v) is 7.79. The lowest BCUT2D eigenvalue weighted by atomic mass is 10.1.